The smallest absolute Gasteiger partial charge is 0.269 e. The molecule has 2 heterocycles. The zero-order valence-corrected chi connectivity index (χ0v) is 20.8. The van der Waals surface area contributed by atoms with Gasteiger partial charge in [-0.1, -0.05) is 30.3 Å². The molecule has 2 aliphatic rings. The summed E-state index contributed by atoms with van der Waals surface area (Å²) in [7, 11) is -4.04. The van der Waals surface area contributed by atoms with Crippen LogP contribution in [-0.2, 0) is 19.5 Å². The molecule has 1 fully saturated rings. The lowest BCUT2D eigenvalue weighted by Gasteiger charge is -2.45. The van der Waals surface area contributed by atoms with Crippen molar-refractivity contribution in [2.75, 3.05) is 24.6 Å². The van der Waals surface area contributed by atoms with Gasteiger partial charge in [-0.15, -0.1) is 4.40 Å². The van der Waals surface area contributed by atoms with Crippen LogP contribution in [0.4, 0.5) is 10.1 Å². The molecule has 2 aliphatic heterocycles. The van der Waals surface area contributed by atoms with Gasteiger partial charge < -0.3 is 14.7 Å². The molecule has 8 heteroatoms. The second kappa shape index (κ2) is 9.30. The largest absolute Gasteiger partial charge is 0.472 e. The summed E-state index contributed by atoms with van der Waals surface area (Å²) in [5.74, 6) is -0.818. The molecule has 1 saturated heterocycles. The van der Waals surface area contributed by atoms with Crippen LogP contribution in [0.25, 0.3) is 0 Å². The van der Waals surface area contributed by atoms with E-state index < -0.39 is 32.1 Å². The first-order valence-electron chi connectivity index (χ1n) is 11.8. The maximum absolute atomic E-state index is 14.4. The minimum Gasteiger partial charge on any atom is -0.472 e. The second-order valence-corrected chi connectivity index (χ2v) is 11.7. The van der Waals surface area contributed by atoms with E-state index in [2.05, 4.69) is 9.30 Å². The molecular weight excluding hydrogens is 455 g/mol. The van der Waals surface area contributed by atoms with Gasteiger partial charge >= 0.3 is 0 Å². The average molecular weight is 489 g/mol. The minimum absolute atomic E-state index is 0.0416. The SMILES string of the molecule is CC1(C)OC(C[C@@H](CCO)c2ccccc2F)=NS(=O)(=O)C1(C)c1cccc(N2CCCC2)c1. The predicted molar refractivity (Wildman–Crippen MR) is 132 cm³/mol. The highest BCUT2D eigenvalue weighted by atomic mass is 32.2. The number of aliphatic hydroxyl groups excluding tert-OH is 1. The fraction of sp³-hybridized carbons (Fsp3) is 0.500. The van der Waals surface area contributed by atoms with E-state index in [1.807, 2.05) is 24.3 Å². The molecule has 2 atom stereocenters. The van der Waals surface area contributed by atoms with Gasteiger partial charge in [0.2, 0.25) is 5.90 Å². The van der Waals surface area contributed by atoms with Gasteiger partial charge in [0, 0.05) is 31.8 Å². The first-order valence-corrected chi connectivity index (χ1v) is 13.3. The van der Waals surface area contributed by atoms with Gasteiger partial charge in [0.05, 0.1) is 0 Å². The van der Waals surface area contributed by atoms with Gasteiger partial charge in [0.1, 0.15) is 11.4 Å². The number of hydrogen-bond donors (Lipinski definition) is 1. The first kappa shape index (κ1) is 24.7. The summed E-state index contributed by atoms with van der Waals surface area (Å²) >= 11 is 0. The zero-order chi connectivity index (χ0) is 24.6. The molecule has 0 saturated carbocycles. The van der Waals surface area contributed by atoms with Crippen molar-refractivity contribution in [2.45, 2.75) is 62.7 Å². The van der Waals surface area contributed by atoms with Crippen molar-refractivity contribution >= 4 is 21.6 Å². The Bertz CT molecular complexity index is 1170. The highest BCUT2D eigenvalue weighted by Crippen LogP contribution is 2.48. The lowest BCUT2D eigenvalue weighted by Crippen LogP contribution is -2.56. The Morgan fingerprint density at radius 2 is 1.82 bits per heavy atom. The summed E-state index contributed by atoms with van der Waals surface area (Å²) in [6.45, 7) is 6.92. The van der Waals surface area contributed by atoms with Crippen molar-refractivity contribution in [2.24, 2.45) is 4.40 Å². The van der Waals surface area contributed by atoms with Gasteiger partial charge in [0.25, 0.3) is 10.0 Å². The number of hydrogen-bond acceptors (Lipinski definition) is 5. The van der Waals surface area contributed by atoms with E-state index in [0.717, 1.165) is 31.6 Å². The highest BCUT2D eigenvalue weighted by molar-refractivity contribution is 7.91. The molecule has 6 nitrogen and oxygen atoms in total. The minimum atomic E-state index is -4.04. The molecule has 0 bridgehead atoms. The van der Waals surface area contributed by atoms with Crippen LogP contribution in [0.1, 0.15) is 63.5 Å². The molecule has 1 N–H and O–H groups in total. The Labute approximate surface area is 201 Å². The predicted octanol–water partition coefficient (Wildman–Crippen LogP) is 4.73. The van der Waals surface area contributed by atoms with E-state index in [4.69, 9.17) is 4.74 Å². The number of ether oxygens (including phenoxy) is 1. The first-order chi connectivity index (χ1) is 16.1. The Balaban J connectivity index is 1.70. The molecule has 0 spiro atoms. The standard InChI is InChI=1S/C26H33FN2O4S/c1-25(2)26(3,20-9-8-10-21(18-20)29-14-6-7-15-29)34(31,32)28-24(33-25)17-19(13-16-30)22-11-4-5-12-23(22)27/h4-5,8-12,18-19,30H,6-7,13-17H2,1-3H3/t19-,26?/m1/s1. The summed E-state index contributed by atoms with van der Waals surface area (Å²) < 4.78 is 50.8. The van der Waals surface area contributed by atoms with E-state index in [1.165, 1.54) is 6.07 Å². The van der Waals surface area contributed by atoms with Crippen molar-refractivity contribution in [1.82, 2.24) is 0 Å². The Morgan fingerprint density at radius 3 is 2.47 bits per heavy atom. The third kappa shape index (κ3) is 4.33. The Kier molecular flexibility index (Phi) is 6.75. The van der Waals surface area contributed by atoms with E-state index in [-0.39, 0.29) is 25.3 Å². The number of halogens is 1. The average Bonchev–Trinajstić information content (AvgIpc) is 3.32. The zero-order valence-electron chi connectivity index (χ0n) is 20.0. The van der Waals surface area contributed by atoms with E-state index in [1.54, 1.807) is 39.0 Å². The molecular formula is C26H33FN2O4S. The molecule has 0 radical (unpaired) electrons. The van der Waals surface area contributed by atoms with Crippen LogP contribution in [0.15, 0.2) is 52.9 Å². The number of rotatable bonds is 7. The van der Waals surface area contributed by atoms with Crippen molar-refractivity contribution < 1.29 is 22.7 Å². The Hall–Kier alpha value is -2.45. The second-order valence-electron chi connectivity index (χ2n) is 9.79. The normalized spacial score (nSPS) is 24.4. The molecule has 2 aromatic carbocycles. The monoisotopic (exact) mass is 488 g/mol. The van der Waals surface area contributed by atoms with Crippen LogP contribution >= 0.6 is 0 Å². The van der Waals surface area contributed by atoms with E-state index in [0.29, 0.717) is 11.1 Å². The van der Waals surface area contributed by atoms with Crippen molar-refractivity contribution in [3.8, 4) is 0 Å². The summed E-state index contributed by atoms with van der Waals surface area (Å²) in [4.78, 5) is 2.26. The fourth-order valence-electron chi connectivity index (χ4n) is 5.04. The van der Waals surface area contributed by atoms with Gasteiger partial charge in [-0.25, -0.2) is 12.8 Å². The van der Waals surface area contributed by atoms with Crippen LogP contribution in [0, 0.1) is 5.82 Å². The van der Waals surface area contributed by atoms with Crippen molar-refractivity contribution in [3.05, 3.63) is 65.5 Å². The quantitative estimate of drug-likeness (QED) is 0.609. The summed E-state index contributed by atoms with van der Waals surface area (Å²) in [6.07, 6.45) is 2.59. The highest BCUT2D eigenvalue weighted by Gasteiger charge is 2.58. The molecule has 34 heavy (non-hydrogen) atoms. The summed E-state index contributed by atoms with van der Waals surface area (Å²) in [5, 5.41) is 9.55. The molecule has 0 amide bonds. The van der Waals surface area contributed by atoms with Crippen LogP contribution in [-0.4, -0.2) is 44.7 Å². The van der Waals surface area contributed by atoms with E-state index in [9.17, 15) is 17.9 Å². The lowest BCUT2D eigenvalue weighted by atomic mass is 9.84. The van der Waals surface area contributed by atoms with Gasteiger partial charge in [-0.3, -0.25) is 0 Å². The molecule has 0 aromatic heterocycles. The molecule has 2 aromatic rings. The number of aliphatic hydroxyl groups is 1. The maximum atomic E-state index is 14.4. The summed E-state index contributed by atoms with van der Waals surface area (Å²) in [5.41, 5.74) is 0.904. The molecule has 1 unspecified atom stereocenters. The van der Waals surface area contributed by atoms with Crippen molar-refractivity contribution in [3.63, 3.8) is 0 Å². The fourth-order valence-corrected chi connectivity index (χ4v) is 6.69. The number of anilines is 1. The summed E-state index contributed by atoms with van der Waals surface area (Å²) in [6, 6.07) is 14.0. The van der Waals surface area contributed by atoms with Crippen LogP contribution in [0.3, 0.4) is 0 Å². The van der Waals surface area contributed by atoms with Crippen LogP contribution in [0.2, 0.25) is 0 Å². The van der Waals surface area contributed by atoms with Crippen LogP contribution < -0.4 is 4.90 Å². The maximum Gasteiger partial charge on any atom is 0.269 e. The van der Waals surface area contributed by atoms with E-state index >= 15 is 0 Å². The van der Waals surface area contributed by atoms with Crippen LogP contribution in [0.5, 0.6) is 0 Å². The Morgan fingerprint density at radius 1 is 1.12 bits per heavy atom. The van der Waals surface area contributed by atoms with Gasteiger partial charge in [-0.05, 0) is 75.3 Å². The number of nitrogens with zero attached hydrogens (tertiary/aromatic N) is 2. The molecule has 4 rings (SSSR count). The number of sulfonamides is 1. The third-order valence-corrected chi connectivity index (χ3v) is 9.57. The molecule has 0 aliphatic carbocycles. The lowest BCUT2D eigenvalue weighted by molar-refractivity contribution is 0.0424. The number of benzene rings is 2. The van der Waals surface area contributed by atoms with Gasteiger partial charge in [-0.2, -0.15) is 0 Å². The van der Waals surface area contributed by atoms with Gasteiger partial charge in [0.15, 0.2) is 4.75 Å². The third-order valence-electron chi connectivity index (χ3n) is 7.37. The molecule has 184 valence electrons. The van der Waals surface area contributed by atoms with Crippen molar-refractivity contribution in [1.29, 1.82) is 0 Å². The topological polar surface area (TPSA) is 79.2 Å².